The van der Waals surface area contributed by atoms with E-state index in [4.69, 9.17) is 4.74 Å². The minimum Gasteiger partial charge on any atom is -0.379 e. The van der Waals surface area contributed by atoms with Gasteiger partial charge in [-0.25, -0.2) is 14.2 Å². The summed E-state index contributed by atoms with van der Waals surface area (Å²) in [5, 5.41) is 3.59. The van der Waals surface area contributed by atoms with Gasteiger partial charge in [-0.2, -0.15) is 0 Å². The summed E-state index contributed by atoms with van der Waals surface area (Å²) in [5.74, 6) is -0.112. The van der Waals surface area contributed by atoms with E-state index in [0.29, 0.717) is 18.2 Å². The first kappa shape index (κ1) is 30.7. The van der Waals surface area contributed by atoms with Crippen LogP contribution in [0.5, 0.6) is 0 Å². The number of thiazole rings is 1. The van der Waals surface area contributed by atoms with Gasteiger partial charge < -0.3 is 9.64 Å². The minimum absolute atomic E-state index is 0. The number of carbonyl (C=O) groups is 1. The molecule has 9 heteroatoms. The Morgan fingerprint density at radius 2 is 1.59 bits per heavy atom. The fourth-order valence-corrected chi connectivity index (χ4v) is 5.90. The van der Waals surface area contributed by atoms with Gasteiger partial charge in [-0.15, -0.1) is 23.7 Å². The molecule has 0 unspecified atom stereocenters. The summed E-state index contributed by atoms with van der Waals surface area (Å²) in [6.45, 7) is 7.15. The van der Waals surface area contributed by atoms with E-state index < -0.39 is 0 Å². The van der Waals surface area contributed by atoms with Gasteiger partial charge in [0.1, 0.15) is 5.82 Å². The van der Waals surface area contributed by atoms with E-state index in [-0.39, 0.29) is 30.2 Å². The molecule has 4 aromatic rings. The van der Waals surface area contributed by atoms with Crippen molar-refractivity contribution in [1.82, 2.24) is 14.8 Å². The Bertz CT molecular complexity index is 1330. The van der Waals surface area contributed by atoms with Crippen LogP contribution in [0.2, 0.25) is 0 Å². The van der Waals surface area contributed by atoms with Crippen molar-refractivity contribution >= 4 is 34.9 Å². The Morgan fingerprint density at radius 1 is 0.976 bits per heavy atom. The molecule has 0 aliphatic carbocycles. The number of anilines is 1. The molecule has 1 N–H and O–H groups in total. The predicted molar refractivity (Wildman–Crippen MR) is 167 cm³/mol. The molecule has 2 heterocycles. The zero-order valence-electron chi connectivity index (χ0n) is 23.2. The molecular formula is C32H36ClFN4O2S. The van der Waals surface area contributed by atoms with Crippen LogP contribution in [0.25, 0.3) is 11.3 Å². The van der Waals surface area contributed by atoms with Crippen LogP contribution in [0.1, 0.15) is 28.3 Å². The number of rotatable bonds is 10. The molecule has 0 radical (unpaired) electrons. The number of halogens is 2. The lowest BCUT2D eigenvalue weighted by molar-refractivity contribution is 0.0351. The molecule has 0 atom stereocenters. The number of aromatic nitrogens is 1. The maximum absolute atomic E-state index is 13.7. The summed E-state index contributed by atoms with van der Waals surface area (Å²) in [6, 6.07) is 27.1. The zero-order valence-corrected chi connectivity index (χ0v) is 24.8. The second-order valence-corrected chi connectivity index (χ2v) is 11.2. The highest BCUT2D eigenvalue weighted by Gasteiger charge is 2.22. The molecule has 2 amide bonds. The van der Waals surface area contributed by atoms with Gasteiger partial charge in [-0.3, -0.25) is 10.2 Å². The first-order valence-corrected chi connectivity index (χ1v) is 14.6. The number of hydrogen-bond acceptors (Lipinski definition) is 5. The van der Waals surface area contributed by atoms with Crippen LogP contribution in [0.3, 0.4) is 0 Å². The van der Waals surface area contributed by atoms with Crippen molar-refractivity contribution in [1.29, 1.82) is 0 Å². The summed E-state index contributed by atoms with van der Waals surface area (Å²) < 4.78 is 18.9. The highest BCUT2D eigenvalue weighted by Crippen LogP contribution is 2.31. The summed E-state index contributed by atoms with van der Waals surface area (Å²) in [4.78, 5) is 23.6. The zero-order chi connectivity index (χ0) is 27.7. The summed E-state index contributed by atoms with van der Waals surface area (Å²) >= 11 is 1.43. The number of benzene rings is 3. The Kier molecular flexibility index (Phi) is 11.3. The number of hydrogen-bond donors (Lipinski definition) is 1. The van der Waals surface area contributed by atoms with E-state index in [1.54, 1.807) is 12.1 Å². The molecule has 0 saturated carbocycles. The van der Waals surface area contributed by atoms with Gasteiger partial charge in [0.15, 0.2) is 5.13 Å². The van der Waals surface area contributed by atoms with Crippen molar-refractivity contribution in [2.24, 2.45) is 0 Å². The number of carbonyl (C=O) groups excluding carboxylic acids is 1. The van der Waals surface area contributed by atoms with Crippen LogP contribution in [-0.2, 0) is 4.74 Å². The Balaban J connectivity index is 0.00000387. The monoisotopic (exact) mass is 594 g/mol. The normalized spacial score (nSPS) is 13.5. The highest BCUT2D eigenvalue weighted by atomic mass is 35.5. The smallest absolute Gasteiger partial charge is 0.323 e. The number of morpholine rings is 1. The van der Waals surface area contributed by atoms with Crippen molar-refractivity contribution in [3.8, 4) is 11.3 Å². The number of urea groups is 1. The van der Waals surface area contributed by atoms with Crippen LogP contribution < -0.4 is 5.32 Å². The Morgan fingerprint density at radius 3 is 2.20 bits per heavy atom. The van der Waals surface area contributed by atoms with E-state index in [2.05, 4.69) is 63.7 Å². The van der Waals surface area contributed by atoms with Crippen molar-refractivity contribution in [3.05, 3.63) is 107 Å². The number of amides is 2. The van der Waals surface area contributed by atoms with Gasteiger partial charge in [0.25, 0.3) is 0 Å². The average Bonchev–Trinajstić information content (AvgIpc) is 3.36. The maximum atomic E-state index is 13.7. The number of ether oxygens (including phenoxy) is 1. The Labute approximate surface area is 251 Å². The lowest BCUT2D eigenvalue weighted by atomic mass is 9.88. The van der Waals surface area contributed by atoms with Gasteiger partial charge in [0, 0.05) is 49.1 Å². The first-order chi connectivity index (χ1) is 19.6. The molecule has 0 spiro atoms. The SMILES string of the molecule is Cc1sc(NC(=O)N(CCC(c2ccccc2)c2ccccc2)CCN2CCOCC2)nc1-c1ccc(F)cc1.Cl. The van der Waals surface area contributed by atoms with Crippen molar-refractivity contribution in [3.63, 3.8) is 0 Å². The van der Waals surface area contributed by atoms with Gasteiger partial charge in [0.05, 0.1) is 18.9 Å². The summed E-state index contributed by atoms with van der Waals surface area (Å²) in [6.07, 6.45) is 0.794. The summed E-state index contributed by atoms with van der Waals surface area (Å²) in [5.41, 5.74) is 4.06. The molecule has 216 valence electrons. The molecule has 5 rings (SSSR count). The van der Waals surface area contributed by atoms with Crippen molar-refractivity contribution in [2.75, 3.05) is 51.3 Å². The quantitative estimate of drug-likeness (QED) is 0.213. The number of nitrogens with zero attached hydrogens (tertiary/aromatic N) is 3. The molecule has 1 saturated heterocycles. The van der Waals surface area contributed by atoms with Gasteiger partial charge in [-0.1, -0.05) is 60.7 Å². The fraction of sp³-hybridized carbons (Fsp3) is 0.312. The topological polar surface area (TPSA) is 57.7 Å². The molecule has 3 aromatic carbocycles. The van der Waals surface area contributed by atoms with E-state index in [9.17, 15) is 9.18 Å². The Hall–Kier alpha value is -3.30. The van der Waals surface area contributed by atoms with E-state index >= 15 is 0 Å². The van der Waals surface area contributed by atoms with Gasteiger partial charge >= 0.3 is 6.03 Å². The second kappa shape index (κ2) is 15.1. The largest absolute Gasteiger partial charge is 0.379 e. The van der Waals surface area contributed by atoms with Gasteiger partial charge in [0.2, 0.25) is 0 Å². The number of aryl methyl sites for hydroxylation is 1. The first-order valence-electron chi connectivity index (χ1n) is 13.8. The molecule has 1 aliphatic heterocycles. The third-order valence-corrected chi connectivity index (χ3v) is 8.18. The standard InChI is InChI=1S/C32H35FN4O2S.ClH/c1-24-30(27-12-14-28(33)15-13-27)34-31(40-24)35-32(38)37(19-18-36-20-22-39-23-21-36)17-16-29(25-8-4-2-5-9-25)26-10-6-3-7-11-26;/h2-15,29H,16-23H2,1H3,(H,34,35,38);1H. The van der Waals surface area contributed by atoms with Crippen molar-refractivity contribution in [2.45, 2.75) is 19.3 Å². The van der Waals surface area contributed by atoms with Gasteiger partial charge in [-0.05, 0) is 48.7 Å². The fourth-order valence-electron chi connectivity index (χ4n) is 5.08. The summed E-state index contributed by atoms with van der Waals surface area (Å²) in [7, 11) is 0. The predicted octanol–water partition coefficient (Wildman–Crippen LogP) is 7.07. The molecule has 1 aromatic heterocycles. The third kappa shape index (κ3) is 8.36. The van der Waals surface area contributed by atoms with E-state index in [0.717, 1.165) is 55.4 Å². The highest BCUT2D eigenvalue weighted by molar-refractivity contribution is 7.16. The van der Waals surface area contributed by atoms with E-state index in [1.165, 1.54) is 34.6 Å². The minimum atomic E-state index is -0.287. The second-order valence-electron chi connectivity index (χ2n) is 9.96. The molecule has 0 bridgehead atoms. The van der Waals surface area contributed by atoms with E-state index in [1.807, 2.05) is 24.0 Å². The third-order valence-electron chi connectivity index (χ3n) is 7.30. The lowest BCUT2D eigenvalue weighted by Crippen LogP contribution is -2.44. The van der Waals surface area contributed by atoms with Crippen LogP contribution >= 0.6 is 23.7 Å². The molecule has 41 heavy (non-hydrogen) atoms. The number of nitrogens with one attached hydrogen (secondary N) is 1. The van der Waals surface area contributed by atoms with Crippen LogP contribution in [0.4, 0.5) is 14.3 Å². The van der Waals surface area contributed by atoms with Crippen LogP contribution in [0.15, 0.2) is 84.9 Å². The average molecular weight is 595 g/mol. The van der Waals surface area contributed by atoms with Crippen LogP contribution in [-0.4, -0.2) is 66.8 Å². The molecule has 6 nitrogen and oxygen atoms in total. The maximum Gasteiger partial charge on any atom is 0.323 e. The lowest BCUT2D eigenvalue weighted by Gasteiger charge is -2.31. The molecule has 1 fully saturated rings. The molecular weight excluding hydrogens is 559 g/mol. The van der Waals surface area contributed by atoms with Crippen molar-refractivity contribution < 1.29 is 13.9 Å². The van der Waals surface area contributed by atoms with Crippen LogP contribution in [0, 0.1) is 12.7 Å². The molecule has 1 aliphatic rings.